The van der Waals surface area contributed by atoms with Gasteiger partial charge in [0.2, 0.25) is 0 Å². The summed E-state index contributed by atoms with van der Waals surface area (Å²) in [4.78, 5) is 4.31. The van der Waals surface area contributed by atoms with Crippen LogP contribution < -0.4 is 4.74 Å². The van der Waals surface area contributed by atoms with Crippen molar-refractivity contribution in [3.05, 3.63) is 21.5 Å². The first kappa shape index (κ1) is 12.1. The highest BCUT2D eigenvalue weighted by Gasteiger charge is 2.39. The lowest BCUT2D eigenvalue weighted by Gasteiger charge is -2.39. The fraction of sp³-hybridized carbons (Fsp3) is 0.545. The topological polar surface area (TPSA) is 51.6 Å². The van der Waals surface area contributed by atoms with E-state index >= 15 is 0 Å². The van der Waals surface area contributed by atoms with Gasteiger partial charge in [-0.05, 0) is 41.6 Å². The molecule has 0 spiro atoms. The van der Waals surface area contributed by atoms with E-state index in [0.29, 0.717) is 19.8 Å². The van der Waals surface area contributed by atoms with E-state index < -0.39 is 0 Å². The van der Waals surface area contributed by atoms with Crippen molar-refractivity contribution < 1.29 is 14.6 Å². The first-order valence-corrected chi connectivity index (χ1v) is 6.18. The zero-order valence-electron chi connectivity index (χ0n) is 9.07. The third-order valence-corrected chi connectivity index (χ3v) is 3.41. The Morgan fingerprint density at radius 3 is 2.81 bits per heavy atom. The van der Waals surface area contributed by atoms with Crippen LogP contribution in [0.3, 0.4) is 0 Å². The van der Waals surface area contributed by atoms with Gasteiger partial charge in [-0.3, -0.25) is 0 Å². The molecule has 1 aromatic heterocycles. The Morgan fingerprint density at radius 2 is 2.31 bits per heavy atom. The van der Waals surface area contributed by atoms with Crippen LogP contribution in [0.15, 0.2) is 12.1 Å². The van der Waals surface area contributed by atoms with Crippen LogP contribution in [0.2, 0.25) is 0 Å². The Labute approximate surface area is 108 Å². The molecule has 88 valence electrons. The molecule has 0 amide bonds. The van der Waals surface area contributed by atoms with Crippen LogP contribution in [0.1, 0.15) is 5.69 Å². The molecule has 0 aromatic carbocycles. The molecule has 4 nitrogen and oxygen atoms in total. The van der Waals surface area contributed by atoms with E-state index in [9.17, 15) is 5.11 Å². The maximum Gasteiger partial charge on any atom is 0.151 e. The van der Waals surface area contributed by atoms with E-state index in [1.54, 1.807) is 0 Å². The SMILES string of the molecule is Cc1ccc(OCC2(CO)COC2)c(I)n1. The Bertz CT molecular complexity index is 374. The second-order valence-electron chi connectivity index (χ2n) is 4.18. The van der Waals surface area contributed by atoms with Crippen LogP contribution in [0.4, 0.5) is 0 Å². The molecule has 1 aromatic rings. The summed E-state index contributed by atoms with van der Waals surface area (Å²) >= 11 is 2.15. The van der Waals surface area contributed by atoms with E-state index in [-0.39, 0.29) is 12.0 Å². The van der Waals surface area contributed by atoms with Crippen LogP contribution in [-0.2, 0) is 4.74 Å². The van der Waals surface area contributed by atoms with E-state index in [0.717, 1.165) is 15.1 Å². The number of nitrogens with zero attached hydrogens (tertiary/aromatic N) is 1. The van der Waals surface area contributed by atoms with Gasteiger partial charge >= 0.3 is 0 Å². The van der Waals surface area contributed by atoms with Gasteiger partial charge in [0, 0.05) is 5.69 Å². The fourth-order valence-corrected chi connectivity index (χ4v) is 2.18. The molecule has 1 saturated heterocycles. The van der Waals surface area contributed by atoms with Crippen molar-refractivity contribution in [3.8, 4) is 5.75 Å². The normalized spacial score (nSPS) is 17.9. The summed E-state index contributed by atoms with van der Waals surface area (Å²) in [5.74, 6) is 0.769. The molecule has 0 bridgehead atoms. The molecule has 1 N–H and O–H groups in total. The molecular formula is C11H14INO3. The van der Waals surface area contributed by atoms with Gasteiger partial charge in [0.15, 0.2) is 5.75 Å². The monoisotopic (exact) mass is 335 g/mol. The highest BCUT2D eigenvalue weighted by Crippen LogP contribution is 2.29. The van der Waals surface area contributed by atoms with Gasteiger partial charge in [-0.15, -0.1) is 0 Å². The second kappa shape index (κ2) is 4.85. The van der Waals surface area contributed by atoms with Gasteiger partial charge in [-0.2, -0.15) is 0 Å². The number of aromatic nitrogens is 1. The summed E-state index contributed by atoms with van der Waals surface area (Å²) in [5.41, 5.74) is 0.758. The largest absolute Gasteiger partial charge is 0.490 e. The van der Waals surface area contributed by atoms with Crippen molar-refractivity contribution in [3.63, 3.8) is 0 Å². The average Bonchev–Trinajstić information content (AvgIpc) is 2.19. The first-order valence-electron chi connectivity index (χ1n) is 5.10. The summed E-state index contributed by atoms with van der Waals surface area (Å²) in [6.45, 7) is 3.66. The standard InChI is InChI=1S/C11H14INO3/c1-8-2-3-9(10(12)13-8)16-7-11(4-14)5-15-6-11/h2-3,14H,4-7H2,1H3. The quantitative estimate of drug-likeness (QED) is 0.667. The number of pyridine rings is 1. The molecule has 1 fully saturated rings. The fourth-order valence-electron chi connectivity index (χ4n) is 1.46. The van der Waals surface area contributed by atoms with Crippen molar-refractivity contribution in [2.24, 2.45) is 5.41 Å². The van der Waals surface area contributed by atoms with Gasteiger partial charge in [0.1, 0.15) is 10.3 Å². The third-order valence-electron chi connectivity index (χ3n) is 2.64. The van der Waals surface area contributed by atoms with Gasteiger partial charge in [0.25, 0.3) is 0 Å². The summed E-state index contributed by atoms with van der Waals surface area (Å²) in [5, 5.41) is 9.25. The number of halogens is 1. The second-order valence-corrected chi connectivity index (χ2v) is 5.20. The lowest BCUT2D eigenvalue weighted by molar-refractivity contribution is -0.153. The van der Waals surface area contributed by atoms with E-state index in [1.807, 2.05) is 19.1 Å². The minimum absolute atomic E-state index is 0.100. The molecule has 2 rings (SSSR count). The van der Waals surface area contributed by atoms with Crippen molar-refractivity contribution in [2.45, 2.75) is 6.92 Å². The first-order chi connectivity index (χ1) is 7.65. The molecular weight excluding hydrogens is 321 g/mol. The highest BCUT2D eigenvalue weighted by atomic mass is 127. The number of ether oxygens (including phenoxy) is 2. The molecule has 0 atom stereocenters. The molecule has 0 saturated carbocycles. The zero-order chi connectivity index (χ0) is 11.6. The summed E-state index contributed by atoms with van der Waals surface area (Å²) < 4.78 is 11.6. The number of aliphatic hydroxyl groups excluding tert-OH is 1. The summed E-state index contributed by atoms with van der Waals surface area (Å²) in [6.07, 6.45) is 0. The molecule has 16 heavy (non-hydrogen) atoms. The van der Waals surface area contributed by atoms with Crippen LogP contribution in [0.25, 0.3) is 0 Å². The van der Waals surface area contributed by atoms with Gasteiger partial charge in [-0.25, -0.2) is 4.98 Å². The van der Waals surface area contributed by atoms with E-state index in [2.05, 4.69) is 27.6 Å². The average molecular weight is 335 g/mol. The summed E-state index contributed by atoms with van der Waals surface area (Å²) in [7, 11) is 0. The minimum atomic E-state index is -0.214. The van der Waals surface area contributed by atoms with Crippen LogP contribution in [0, 0.1) is 16.0 Å². The number of hydrogen-bond acceptors (Lipinski definition) is 4. The van der Waals surface area contributed by atoms with Crippen LogP contribution in [0.5, 0.6) is 5.75 Å². The maximum absolute atomic E-state index is 9.25. The molecule has 0 radical (unpaired) electrons. The Kier molecular flexibility index (Phi) is 3.66. The molecule has 0 aliphatic carbocycles. The Hall–Kier alpha value is -0.400. The van der Waals surface area contributed by atoms with Crippen molar-refractivity contribution >= 4 is 22.6 Å². The van der Waals surface area contributed by atoms with Gasteiger partial charge in [0.05, 0.1) is 25.2 Å². The predicted octanol–water partition coefficient (Wildman–Crippen LogP) is 1.38. The third kappa shape index (κ3) is 2.46. The number of aliphatic hydroxyl groups is 1. The van der Waals surface area contributed by atoms with Crippen LogP contribution in [-0.4, -0.2) is 36.5 Å². The summed E-state index contributed by atoms with van der Waals surface area (Å²) in [6, 6.07) is 3.83. The molecule has 2 heterocycles. The van der Waals surface area contributed by atoms with E-state index in [4.69, 9.17) is 9.47 Å². The lowest BCUT2D eigenvalue weighted by Crippen LogP contribution is -2.50. The highest BCUT2D eigenvalue weighted by molar-refractivity contribution is 14.1. The Balaban J connectivity index is 1.99. The molecule has 1 aliphatic heterocycles. The minimum Gasteiger partial charge on any atom is -0.490 e. The van der Waals surface area contributed by atoms with Crippen molar-refractivity contribution in [1.29, 1.82) is 0 Å². The molecule has 5 heteroatoms. The smallest absolute Gasteiger partial charge is 0.151 e. The maximum atomic E-state index is 9.25. The van der Waals surface area contributed by atoms with Crippen molar-refractivity contribution in [2.75, 3.05) is 26.4 Å². The van der Waals surface area contributed by atoms with E-state index in [1.165, 1.54) is 0 Å². The Morgan fingerprint density at radius 1 is 1.56 bits per heavy atom. The van der Waals surface area contributed by atoms with Crippen molar-refractivity contribution in [1.82, 2.24) is 4.98 Å². The predicted molar refractivity (Wildman–Crippen MR) is 67.5 cm³/mol. The zero-order valence-corrected chi connectivity index (χ0v) is 11.2. The number of hydrogen-bond donors (Lipinski definition) is 1. The van der Waals surface area contributed by atoms with Gasteiger partial charge in [-0.1, -0.05) is 0 Å². The molecule has 0 unspecified atom stereocenters. The van der Waals surface area contributed by atoms with Crippen LogP contribution >= 0.6 is 22.6 Å². The number of aryl methyl sites for hydroxylation is 1. The molecule has 1 aliphatic rings. The van der Waals surface area contributed by atoms with Gasteiger partial charge < -0.3 is 14.6 Å². The lowest BCUT2D eigenvalue weighted by atomic mass is 9.88. The number of rotatable bonds is 4.